The Morgan fingerprint density at radius 1 is 1.00 bits per heavy atom. The molecule has 0 aliphatic carbocycles. The maximum absolute atomic E-state index is 6.31. The maximum atomic E-state index is 6.31. The van der Waals surface area contributed by atoms with Crippen LogP contribution in [0, 0.1) is 20.8 Å². The summed E-state index contributed by atoms with van der Waals surface area (Å²) in [4.78, 5) is 0. The van der Waals surface area contributed by atoms with Gasteiger partial charge in [0, 0.05) is 11.1 Å². The van der Waals surface area contributed by atoms with Crippen molar-refractivity contribution in [3.63, 3.8) is 0 Å². The van der Waals surface area contributed by atoms with Crippen LogP contribution < -0.4 is 5.73 Å². The quantitative estimate of drug-likeness (QED) is 0.875. The van der Waals surface area contributed by atoms with E-state index in [9.17, 15) is 0 Å². The second-order valence-corrected chi connectivity index (χ2v) is 5.66. The van der Waals surface area contributed by atoms with Crippen molar-refractivity contribution in [3.05, 3.63) is 69.2 Å². The molecule has 1 atom stereocenters. The maximum Gasteiger partial charge on any atom is 0.0438 e. The zero-order valence-corrected chi connectivity index (χ0v) is 12.5. The van der Waals surface area contributed by atoms with Gasteiger partial charge in [0.1, 0.15) is 0 Å². The fraction of sp³-hybridized carbons (Fsp3) is 0.294. The summed E-state index contributed by atoms with van der Waals surface area (Å²) >= 11 is 6.16. The number of benzene rings is 2. The third-order valence-corrected chi connectivity index (χ3v) is 3.98. The van der Waals surface area contributed by atoms with Gasteiger partial charge in [0.15, 0.2) is 0 Å². The van der Waals surface area contributed by atoms with Gasteiger partial charge in [-0.3, -0.25) is 0 Å². The van der Waals surface area contributed by atoms with Crippen LogP contribution in [-0.4, -0.2) is 0 Å². The lowest BCUT2D eigenvalue weighted by molar-refractivity contribution is 0.718. The molecule has 0 spiro atoms. The third kappa shape index (κ3) is 3.37. The Hall–Kier alpha value is -1.31. The van der Waals surface area contributed by atoms with Crippen LogP contribution in [0.2, 0.25) is 5.02 Å². The average Bonchev–Trinajstić information content (AvgIpc) is 2.37. The highest BCUT2D eigenvalue weighted by atomic mass is 35.5. The predicted octanol–water partition coefficient (Wildman–Crippen LogP) is 4.51. The van der Waals surface area contributed by atoms with E-state index >= 15 is 0 Å². The first-order valence-corrected chi connectivity index (χ1v) is 6.93. The largest absolute Gasteiger partial charge is 0.324 e. The van der Waals surface area contributed by atoms with Gasteiger partial charge in [-0.2, -0.15) is 0 Å². The molecule has 0 amide bonds. The van der Waals surface area contributed by atoms with Crippen molar-refractivity contribution in [2.75, 3.05) is 0 Å². The molecule has 100 valence electrons. The summed E-state index contributed by atoms with van der Waals surface area (Å²) in [7, 11) is 0. The smallest absolute Gasteiger partial charge is 0.0438 e. The fourth-order valence-electron chi connectivity index (χ4n) is 2.21. The lowest BCUT2D eigenvalue weighted by Gasteiger charge is -2.15. The molecule has 19 heavy (non-hydrogen) atoms. The highest BCUT2D eigenvalue weighted by molar-refractivity contribution is 6.31. The molecule has 0 radical (unpaired) electrons. The van der Waals surface area contributed by atoms with Gasteiger partial charge in [0.2, 0.25) is 0 Å². The summed E-state index contributed by atoms with van der Waals surface area (Å²) in [5.74, 6) is 0. The zero-order chi connectivity index (χ0) is 14.0. The molecule has 1 nitrogen and oxygen atoms in total. The number of halogens is 1. The molecule has 1 unspecified atom stereocenters. The number of hydrogen-bond acceptors (Lipinski definition) is 1. The van der Waals surface area contributed by atoms with Gasteiger partial charge < -0.3 is 5.73 Å². The minimum Gasteiger partial charge on any atom is -0.324 e. The normalized spacial score (nSPS) is 12.5. The van der Waals surface area contributed by atoms with Gasteiger partial charge in [-0.25, -0.2) is 0 Å². The summed E-state index contributed by atoms with van der Waals surface area (Å²) in [5.41, 5.74) is 12.4. The van der Waals surface area contributed by atoms with Gasteiger partial charge in [-0.1, -0.05) is 47.5 Å². The molecule has 2 N–H and O–H groups in total. The molecule has 0 heterocycles. The van der Waals surface area contributed by atoms with Crippen LogP contribution >= 0.6 is 11.6 Å². The van der Waals surface area contributed by atoms with Crippen LogP contribution in [0.5, 0.6) is 0 Å². The molecule has 0 saturated carbocycles. The molecule has 2 rings (SSSR count). The minimum atomic E-state index is -0.0152. The summed E-state index contributed by atoms with van der Waals surface area (Å²) in [6, 6.07) is 12.6. The highest BCUT2D eigenvalue weighted by Gasteiger charge is 2.10. The van der Waals surface area contributed by atoms with E-state index in [1.165, 1.54) is 16.7 Å². The van der Waals surface area contributed by atoms with Crippen LogP contribution in [0.15, 0.2) is 36.4 Å². The van der Waals surface area contributed by atoms with Crippen molar-refractivity contribution in [1.29, 1.82) is 0 Å². The average molecular weight is 274 g/mol. The van der Waals surface area contributed by atoms with Crippen molar-refractivity contribution < 1.29 is 0 Å². The van der Waals surface area contributed by atoms with E-state index in [2.05, 4.69) is 38.1 Å². The number of rotatable bonds is 3. The van der Waals surface area contributed by atoms with Crippen molar-refractivity contribution in [3.8, 4) is 0 Å². The van der Waals surface area contributed by atoms with Gasteiger partial charge in [0.25, 0.3) is 0 Å². The molecule has 0 aliphatic rings. The van der Waals surface area contributed by atoms with Gasteiger partial charge in [0.05, 0.1) is 0 Å². The number of nitrogens with two attached hydrogens (primary N) is 1. The molecule has 2 aromatic rings. The molecule has 0 fully saturated rings. The summed E-state index contributed by atoms with van der Waals surface area (Å²) < 4.78 is 0. The van der Waals surface area contributed by atoms with Crippen molar-refractivity contribution in [2.24, 2.45) is 5.73 Å². The first-order valence-electron chi connectivity index (χ1n) is 6.55. The fourth-order valence-corrected chi connectivity index (χ4v) is 2.40. The third-order valence-electron chi connectivity index (χ3n) is 3.57. The summed E-state index contributed by atoms with van der Waals surface area (Å²) in [6.45, 7) is 6.24. The minimum absolute atomic E-state index is 0.0152. The Kier molecular flexibility index (Phi) is 4.28. The molecule has 0 aromatic heterocycles. The highest BCUT2D eigenvalue weighted by Crippen LogP contribution is 2.24. The molecule has 0 aliphatic heterocycles. The predicted molar refractivity (Wildman–Crippen MR) is 82.7 cm³/mol. The van der Waals surface area contributed by atoms with E-state index in [-0.39, 0.29) is 6.04 Å². The Bertz CT molecular complexity index is 590. The van der Waals surface area contributed by atoms with E-state index in [4.69, 9.17) is 17.3 Å². The Morgan fingerprint density at radius 2 is 1.68 bits per heavy atom. The monoisotopic (exact) mass is 273 g/mol. The molecular formula is C17H20ClN. The first-order chi connectivity index (χ1) is 8.97. The lowest BCUT2D eigenvalue weighted by Crippen LogP contribution is -2.14. The Morgan fingerprint density at radius 3 is 2.37 bits per heavy atom. The summed E-state index contributed by atoms with van der Waals surface area (Å²) in [5, 5.41) is 0.786. The van der Waals surface area contributed by atoms with Crippen LogP contribution in [0.3, 0.4) is 0 Å². The van der Waals surface area contributed by atoms with Crippen molar-refractivity contribution in [1.82, 2.24) is 0 Å². The van der Waals surface area contributed by atoms with Gasteiger partial charge in [-0.15, -0.1) is 0 Å². The molecule has 0 saturated heterocycles. The van der Waals surface area contributed by atoms with E-state index in [1.807, 2.05) is 19.1 Å². The molecule has 2 heteroatoms. The molecular weight excluding hydrogens is 254 g/mol. The van der Waals surface area contributed by atoms with Crippen LogP contribution in [0.25, 0.3) is 0 Å². The standard InChI is InChI=1S/C17H20ClN/c1-11-4-5-12(2)15(8-11)10-17(19)14-7-6-13(3)16(18)9-14/h4-9,17H,10,19H2,1-3H3. The van der Waals surface area contributed by atoms with Crippen LogP contribution in [0.1, 0.15) is 33.9 Å². The topological polar surface area (TPSA) is 26.0 Å². The molecule has 2 aromatic carbocycles. The van der Waals surface area contributed by atoms with Gasteiger partial charge in [-0.05, 0) is 55.5 Å². The van der Waals surface area contributed by atoms with E-state index in [1.54, 1.807) is 0 Å². The Labute approximate surface area is 120 Å². The first kappa shape index (κ1) is 14.1. The second-order valence-electron chi connectivity index (χ2n) is 5.25. The van der Waals surface area contributed by atoms with Crippen LogP contribution in [-0.2, 0) is 6.42 Å². The van der Waals surface area contributed by atoms with Crippen molar-refractivity contribution >= 4 is 11.6 Å². The zero-order valence-electron chi connectivity index (χ0n) is 11.7. The number of aryl methyl sites for hydroxylation is 3. The lowest BCUT2D eigenvalue weighted by atomic mass is 9.95. The van der Waals surface area contributed by atoms with E-state index in [0.717, 1.165) is 22.6 Å². The Balaban J connectivity index is 2.22. The van der Waals surface area contributed by atoms with Gasteiger partial charge >= 0.3 is 0 Å². The van der Waals surface area contributed by atoms with E-state index < -0.39 is 0 Å². The van der Waals surface area contributed by atoms with Crippen molar-refractivity contribution in [2.45, 2.75) is 33.2 Å². The molecule has 0 bridgehead atoms. The van der Waals surface area contributed by atoms with Crippen LogP contribution in [0.4, 0.5) is 0 Å². The number of hydrogen-bond donors (Lipinski definition) is 1. The van der Waals surface area contributed by atoms with E-state index in [0.29, 0.717) is 0 Å². The SMILES string of the molecule is Cc1ccc(C)c(CC(N)c2ccc(C)c(Cl)c2)c1. The summed E-state index contributed by atoms with van der Waals surface area (Å²) in [6.07, 6.45) is 0.840. The second kappa shape index (κ2) is 5.77.